The third-order valence-corrected chi connectivity index (χ3v) is 3.67. The van der Waals surface area contributed by atoms with E-state index in [0.29, 0.717) is 18.3 Å². The number of carbonyl (C=O) groups excluding carboxylic acids is 1. The highest BCUT2D eigenvalue weighted by Crippen LogP contribution is 2.18. The van der Waals surface area contributed by atoms with E-state index in [-0.39, 0.29) is 5.91 Å². The Morgan fingerprint density at radius 1 is 1.43 bits per heavy atom. The van der Waals surface area contributed by atoms with Crippen LogP contribution in [0, 0.1) is 6.92 Å². The van der Waals surface area contributed by atoms with Crippen LogP contribution >= 0.6 is 0 Å². The van der Waals surface area contributed by atoms with Gasteiger partial charge in [-0.15, -0.1) is 0 Å². The van der Waals surface area contributed by atoms with E-state index in [1.807, 2.05) is 17.7 Å². The molecule has 1 amide bonds. The molecular formula is C15H22N4O2. The average molecular weight is 290 g/mol. The van der Waals surface area contributed by atoms with Crippen molar-refractivity contribution in [2.75, 3.05) is 7.05 Å². The molecule has 0 aliphatic heterocycles. The number of aromatic nitrogens is 3. The van der Waals surface area contributed by atoms with Crippen LogP contribution in [-0.2, 0) is 6.54 Å². The minimum Gasteiger partial charge on any atom is -0.364 e. The molecule has 0 aliphatic rings. The van der Waals surface area contributed by atoms with Crippen molar-refractivity contribution in [1.82, 2.24) is 19.8 Å². The second-order valence-electron chi connectivity index (χ2n) is 5.24. The van der Waals surface area contributed by atoms with Gasteiger partial charge in [-0.25, -0.2) is 0 Å². The molecule has 0 N–H and O–H groups in total. The van der Waals surface area contributed by atoms with Crippen molar-refractivity contribution in [1.29, 1.82) is 0 Å². The van der Waals surface area contributed by atoms with E-state index in [1.165, 1.54) is 6.26 Å². The van der Waals surface area contributed by atoms with Gasteiger partial charge in [0, 0.05) is 18.8 Å². The standard InChI is InChI=1S/C15H22N4O2/c1-5-13(6-2)19-11(3)9-14(16-19)15(20)18(4)10-12-7-8-21-17-12/h7-9,13H,5-6,10H2,1-4H3. The Hall–Kier alpha value is -2.11. The lowest BCUT2D eigenvalue weighted by Gasteiger charge is -2.15. The van der Waals surface area contributed by atoms with Crippen molar-refractivity contribution in [3.8, 4) is 0 Å². The first-order chi connectivity index (χ1) is 10.1. The number of hydrogen-bond acceptors (Lipinski definition) is 4. The molecule has 0 spiro atoms. The average Bonchev–Trinajstić information content (AvgIpc) is 3.10. The molecular weight excluding hydrogens is 268 g/mol. The summed E-state index contributed by atoms with van der Waals surface area (Å²) in [5, 5.41) is 8.30. The smallest absolute Gasteiger partial charge is 0.274 e. The minimum atomic E-state index is -0.106. The van der Waals surface area contributed by atoms with Crippen LogP contribution in [0.2, 0.25) is 0 Å². The summed E-state index contributed by atoms with van der Waals surface area (Å²) in [4.78, 5) is 14.0. The maximum Gasteiger partial charge on any atom is 0.274 e. The molecule has 0 saturated carbocycles. The van der Waals surface area contributed by atoms with Crippen molar-refractivity contribution < 1.29 is 9.32 Å². The van der Waals surface area contributed by atoms with Gasteiger partial charge in [0.05, 0.1) is 12.6 Å². The van der Waals surface area contributed by atoms with Gasteiger partial charge >= 0.3 is 0 Å². The van der Waals surface area contributed by atoms with Gasteiger partial charge in [0.1, 0.15) is 12.0 Å². The largest absolute Gasteiger partial charge is 0.364 e. The highest BCUT2D eigenvalue weighted by molar-refractivity contribution is 5.92. The second kappa shape index (κ2) is 6.56. The van der Waals surface area contributed by atoms with E-state index >= 15 is 0 Å². The maximum absolute atomic E-state index is 12.4. The van der Waals surface area contributed by atoms with E-state index in [1.54, 1.807) is 18.0 Å². The molecule has 0 unspecified atom stereocenters. The van der Waals surface area contributed by atoms with Gasteiger partial charge in [0.15, 0.2) is 5.69 Å². The molecule has 0 atom stereocenters. The first-order valence-electron chi connectivity index (χ1n) is 7.27. The number of carbonyl (C=O) groups is 1. The number of hydrogen-bond donors (Lipinski definition) is 0. The summed E-state index contributed by atoms with van der Waals surface area (Å²) >= 11 is 0. The van der Waals surface area contributed by atoms with E-state index in [4.69, 9.17) is 4.52 Å². The Morgan fingerprint density at radius 3 is 2.71 bits per heavy atom. The molecule has 2 heterocycles. The number of rotatable bonds is 6. The van der Waals surface area contributed by atoms with E-state index in [0.717, 1.165) is 24.2 Å². The Kier molecular flexibility index (Phi) is 4.77. The molecule has 2 aromatic rings. The SMILES string of the molecule is CCC(CC)n1nc(C(=O)N(C)Cc2ccon2)cc1C. The molecule has 0 radical (unpaired) electrons. The summed E-state index contributed by atoms with van der Waals surface area (Å²) < 4.78 is 6.73. The summed E-state index contributed by atoms with van der Waals surface area (Å²) in [5.74, 6) is -0.106. The lowest BCUT2D eigenvalue weighted by molar-refractivity contribution is 0.0775. The van der Waals surface area contributed by atoms with Crippen molar-refractivity contribution in [3.63, 3.8) is 0 Å². The van der Waals surface area contributed by atoms with E-state index < -0.39 is 0 Å². The fourth-order valence-electron chi connectivity index (χ4n) is 2.43. The third kappa shape index (κ3) is 3.32. The highest BCUT2D eigenvalue weighted by Gasteiger charge is 2.19. The summed E-state index contributed by atoms with van der Waals surface area (Å²) in [7, 11) is 1.74. The fraction of sp³-hybridized carbons (Fsp3) is 0.533. The highest BCUT2D eigenvalue weighted by atomic mass is 16.5. The molecule has 0 aliphatic carbocycles. The quantitative estimate of drug-likeness (QED) is 0.820. The van der Waals surface area contributed by atoms with Crippen LogP contribution in [0.1, 0.15) is 54.6 Å². The molecule has 2 rings (SSSR count). The van der Waals surface area contributed by atoms with E-state index in [2.05, 4.69) is 24.1 Å². The number of amides is 1. The van der Waals surface area contributed by atoms with Gasteiger partial charge in [-0.05, 0) is 25.8 Å². The topological polar surface area (TPSA) is 64.2 Å². The molecule has 21 heavy (non-hydrogen) atoms. The van der Waals surface area contributed by atoms with Gasteiger partial charge in [-0.1, -0.05) is 19.0 Å². The molecule has 6 heteroatoms. The lowest BCUT2D eigenvalue weighted by atomic mass is 10.2. The van der Waals surface area contributed by atoms with Crippen molar-refractivity contribution in [3.05, 3.63) is 35.5 Å². The van der Waals surface area contributed by atoms with Crippen LogP contribution in [0.3, 0.4) is 0 Å². The summed E-state index contributed by atoms with van der Waals surface area (Å²) in [6, 6.07) is 3.94. The molecule has 2 aromatic heterocycles. The Balaban J connectivity index is 2.14. The van der Waals surface area contributed by atoms with Crippen LogP contribution in [0.5, 0.6) is 0 Å². The van der Waals surface area contributed by atoms with Crippen molar-refractivity contribution >= 4 is 5.91 Å². The van der Waals surface area contributed by atoms with Crippen LogP contribution in [0.4, 0.5) is 0 Å². The molecule has 0 saturated heterocycles. The summed E-state index contributed by atoms with van der Waals surface area (Å²) in [5.41, 5.74) is 2.22. The van der Waals surface area contributed by atoms with Gasteiger partial charge in [-0.3, -0.25) is 9.48 Å². The zero-order valence-corrected chi connectivity index (χ0v) is 13.0. The zero-order chi connectivity index (χ0) is 15.4. The monoisotopic (exact) mass is 290 g/mol. The Labute approximate surface area is 124 Å². The van der Waals surface area contributed by atoms with Gasteiger partial charge in [-0.2, -0.15) is 5.10 Å². The van der Waals surface area contributed by atoms with E-state index in [9.17, 15) is 4.79 Å². The molecule has 0 fully saturated rings. The molecule has 114 valence electrons. The third-order valence-electron chi connectivity index (χ3n) is 3.67. The molecule has 0 aromatic carbocycles. The van der Waals surface area contributed by atoms with Crippen LogP contribution in [-0.4, -0.2) is 32.8 Å². The van der Waals surface area contributed by atoms with Crippen molar-refractivity contribution in [2.45, 2.75) is 46.2 Å². The lowest BCUT2D eigenvalue weighted by Crippen LogP contribution is -2.27. The first-order valence-corrected chi connectivity index (χ1v) is 7.27. The Morgan fingerprint density at radius 2 is 2.14 bits per heavy atom. The first kappa shape index (κ1) is 15.3. The van der Waals surface area contributed by atoms with Gasteiger partial charge < -0.3 is 9.42 Å². The van der Waals surface area contributed by atoms with Crippen molar-refractivity contribution in [2.24, 2.45) is 0 Å². The maximum atomic E-state index is 12.4. The van der Waals surface area contributed by atoms with Gasteiger partial charge in [0.25, 0.3) is 5.91 Å². The van der Waals surface area contributed by atoms with Crippen LogP contribution in [0.25, 0.3) is 0 Å². The minimum absolute atomic E-state index is 0.106. The van der Waals surface area contributed by atoms with Crippen LogP contribution < -0.4 is 0 Å². The molecule has 0 bridgehead atoms. The van der Waals surface area contributed by atoms with Crippen LogP contribution in [0.15, 0.2) is 22.9 Å². The number of nitrogens with zero attached hydrogens (tertiary/aromatic N) is 4. The normalized spacial score (nSPS) is 11.1. The predicted molar refractivity (Wildman–Crippen MR) is 78.9 cm³/mol. The Bertz CT molecular complexity index is 585. The predicted octanol–water partition coefficient (Wildman–Crippen LogP) is 2.81. The second-order valence-corrected chi connectivity index (χ2v) is 5.24. The number of aryl methyl sites for hydroxylation is 1. The summed E-state index contributed by atoms with van der Waals surface area (Å²) in [6.07, 6.45) is 3.50. The molecule has 6 nitrogen and oxygen atoms in total. The fourth-order valence-corrected chi connectivity index (χ4v) is 2.43. The zero-order valence-electron chi connectivity index (χ0n) is 13.0. The summed E-state index contributed by atoms with van der Waals surface area (Å²) in [6.45, 7) is 6.66. The van der Waals surface area contributed by atoms with Gasteiger partial charge in [0.2, 0.25) is 0 Å².